The van der Waals surface area contributed by atoms with Gasteiger partial charge in [-0.1, -0.05) is 64.6 Å². The van der Waals surface area contributed by atoms with Crippen molar-refractivity contribution in [2.45, 2.75) is 53.4 Å². The van der Waals surface area contributed by atoms with E-state index >= 15 is 0 Å². The number of hydrogen-bond acceptors (Lipinski definition) is 1. The van der Waals surface area contributed by atoms with Crippen LogP contribution in [0, 0.1) is 11.8 Å². The lowest BCUT2D eigenvalue weighted by Gasteiger charge is -2.19. The van der Waals surface area contributed by atoms with Gasteiger partial charge in [0, 0.05) is 12.3 Å². The Labute approximate surface area is 100 Å². The molecule has 0 aromatic carbocycles. The molecule has 0 spiro atoms. The molecule has 0 amide bonds. The molecule has 0 aromatic rings. The second kappa shape index (κ2) is 7.74. The van der Waals surface area contributed by atoms with Crippen LogP contribution in [0.5, 0.6) is 0 Å². The van der Waals surface area contributed by atoms with Gasteiger partial charge in [-0.2, -0.15) is 0 Å². The first-order valence-electron chi connectivity index (χ1n) is 6.19. The highest BCUT2D eigenvalue weighted by Crippen LogP contribution is 2.54. The number of hydrogen-bond donors (Lipinski definition) is 0. The number of halogens is 1. The average Bonchev–Trinajstić information content (AvgIpc) is 2.01. The summed E-state index contributed by atoms with van der Waals surface area (Å²) < 4.78 is 12.1. The number of rotatable bonds is 8. The van der Waals surface area contributed by atoms with Gasteiger partial charge in [-0.3, -0.25) is 0 Å². The first kappa shape index (κ1) is 15.5. The van der Waals surface area contributed by atoms with Crippen molar-refractivity contribution >= 4 is 17.7 Å². The van der Waals surface area contributed by atoms with Gasteiger partial charge in [0.1, 0.15) is 0 Å². The van der Waals surface area contributed by atoms with E-state index in [9.17, 15) is 4.57 Å². The molecule has 0 aliphatic heterocycles. The van der Waals surface area contributed by atoms with Gasteiger partial charge in [0.2, 0.25) is 0 Å². The highest BCUT2D eigenvalue weighted by Gasteiger charge is 2.23. The predicted octanol–water partition coefficient (Wildman–Crippen LogP) is 5.38. The van der Waals surface area contributed by atoms with Crippen LogP contribution in [0.4, 0.5) is 0 Å². The van der Waals surface area contributed by atoms with Gasteiger partial charge >= 0.3 is 0 Å². The molecule has 0 rings (SSSR count). The van der Waals surface area contributed by atoms with Crippen LogP contribution in [0.15, 0.2) is 0 Å². The van der Waals surface area contributed by atoms with Gasteiger partial charge in [-0.25, -0.2) is 0 Å². The SMILES string of the molecule is CCCC(C)CP(=O)(Cl)CC(C)CCC. The summed E-state index contributed by atoms with van der Waals surface area (Å²) in [5.74, 6) is 1.01. The highest BCUT2D eigenvalue weighted by molar-refractivity contribution is 7.89. The summed E-state index contributed by atoms with van der Waals surface area (Å²) in [6, 6.07) is 0. The van der Waals surface area contributed by atoms with Gasteiger partial charge < -0.3 is 4.57 Å². The van der Waals surface area contributed by atoms with E-state index in [2.05, 4.69) is 27.7 Å². The Morgan fingerprint density at radius 1 is 1.00 bits per heavy atom. The van der Waals surface area contributed by atoms with E-state index in [4.69, 9.17) is 11.2 Å². The van der Waals surface area contributed by atoms with E-state index in [1.54, 1.807) is 0 Å². The molecule has 0 fully saturated rings. The minimum absolute atomic E-state index is 0.507. The van der Waals surface area contributed by atoms with E-state index < -0.39 is 6.49 Å². The van der Waals surface area contributed by atoms with Crippen molar-refractivity contribution in [1.29, 1.82) is 0 Å². The van der Waals surface area contributed by atoms with Crippen molar-refractivity contribution in [1.82, 2.24) is 0 Å². The molecule has 0 bridgehead atoms. The quantitative estimate of drug-likeness (QED) is 0.531. The fraction of sp³-hybridized carbons (Fsp3) is 1.00. The van der Waals surface area contributed by atoms with Gasteiger partial charge in [0.25, 0.3) is 0 Å². The molecule has 92 valence electrons. The third kappa shape index (κ3) is 8.34. The normalized spacial score (nSPS) is 19.5. The minimum Gasteiger partial charge on any atom is -0.307 e. The lowest BCUT2D eigenvalue weighted by Crippen LogP contribution is -2.06. The maximum Gasteiger partial charge on any atom is 0.170 e. The zero-order chi connectivity index (χ0) is 11.9. The van der Waals surface area contributed by atoms with E-state index in [1.165, 1.54) is 0 Å². The molecule has 0 saturated carbocycles. The van der Waals surface area contributed by atoms with Crippen LogP contribution in [0.2, 0.25) is 0 Å². The van der Waals surface area contributed by atoms with Crippen molar-refractivity contribution in [3.8, 4) is 0 Å². The Morgan fingerprint density at radius 3 is 1.60 bits per heavy atom. The maximum absolute atomic E-state index is 12.1. The third-order valence-electron chi connectivity index (χ3n) is 2.73. The van der Waals surface area contributed by atoms with Crippen LogP contribution >= 0.6 is 17.7 Å². The van der Waals surface area contributed by atoms with E-state index in [0.717, 1.165) is 38.0 Å². The van der Waals surface area contributed by atoms with Crippen LogP contribution in [0.25, 0.3) is 0 Å². The fourth-order valence-electron chi connectivity index (χ4n) is 2.17. The topological polar surface area (TPSA) is 17.1 Å². The lowest BCUT2D eigenvalue weighted by molar-refractivity contribution is 0.527. The van der Waals surface area contributed by atoms with E-state index in [0.29, 0.717) is 11.8 Å². The lowest BCUT2D eigenvalue weighted by atomic mass is 10.1. The maximum atomic E-state index is 12.1. The fourth-order valence-corrected chi connectivity index (χ4v) is 5.96. The molecule has 0 N–H and O–H groups in total. The van der Waals surface area contributed by atoms with Crippen molar-refractivity contribution < 1.29 is 4.57 Å². The van der Waals surface area contributed by atoms with Gasteiger partial charge in [0.05, 0.1) is 0 Å². The van der Waals surface area contributed by atoms with Crippen LogP contribution in [0.1, 0.15) is 53.4 Å². The summed E-state index contributed by atoms with van der Waals surface area (Å²) in [5.41, 5.74) is 0. The molecule has 1 nitrogen and oxygen atoms in total. The molecule has 0 heterocycles. The Bertz CT molecular complexity index is 188. The van der Waals surface area contributed by atoms with Crippen molar-refractivity contribution in [2.75, 3.05) is 12.3 Å². The summed E-state index contributed by atoms with van der Waals surface area (Å²) in [7, 11) is 0. The molecular weight excluding hydrogens is 227 g/mol. The first-order chi connectivity index (χ1) is 6.91. The molecule has 2 unspecified atom stereocenters. The summed E-state index contributed by atoms with van der Waals surface area (Å²) in [6.07, 6.45) is 6.02. The van der Waals surface area contributed by atoms with Crippen molar-refractivity contribution in [3.05, 3.63) is 0 Å². The third-order valence-corrected chi connectivity index (χ3v) is 5.90. The second-order valence-electron chi connectivity index (χ2n) is 4.94. The molecule has 15 heavy (non-hydrogen) atoms. The predicted molar refractivity (Wildman–Crippen MR) is 71.3 cm³/mol. The monoisotopic (exact) mass is 252 g/mol. The summed E-state index contributed by atoms with van der Waals surface area (Å²) in [4.78, 5) is 0. The molecular formula is C12H26ClOP. The van der Waals surface area contributed by atoms with Crippen molar-refractivity contribution in [3.63, 3.8) is 0 Å². The molecule has 0 aliphatic rings. The standard InChI is InChI=1S/C12H26ClOP/c1-5-7-11(3)9-15(13,14)10-12(4)8-6-2/h11-12H,5-10H2,1-4H3. The van der Waals surface area contributed by atoms with Crippen LogP contribution < -0.4 is 0 Å². The Balaban J connectivity index is 4.00. The molecule has 0 aromatic heterocycles. The zero-order valence-corrected chi connectivity index (χ0v) is 12.3. The first-order valence-corrected chi connectivity index (χ1v) is 9.17. The largest absolute Gasteiger partial charge is 0.307 e. The summed E-state index contributed by atoms with van der Waals surface area (Å²) >= 11 is 6.15. The van der Waals surface area contributed by atoms with Crippen LogP contribution in [-0.2, 0) is 4.57 Å². The Kier molecular flexibility index (Phi) is 8.01. The average molecular weight is 253 g/mol. The minimum atomic E-state index is -2.39. The summed E-state index contributed by atoms with van der Waals surface area (Å²) in [6.45, 7) is 6.24. The molecule has 0 aliphatic carbocycles. The smallest absolute Gasteiger partial charge is 0.170 e. The zero-order valence-electron chi connectivity index (χ0n) is 10.6. The van der Waals surface area contributed by atoms with E-state index in [-0.39, 0.29) is 0 Å². The van der Waals surface area contributed by atoms with E-state index in [1.807, 2.05) is 0 Å². The highest BCUT2D eigenvalue weighted by atomic mass is 35.7. The van der Waals surface area contributed by atoms with Gasteiger partial charge in [0.15, 0.2) is 6.49 Å². The molecule has 0 radical (unpaired) electrons. The van der Waals surface area contributed by atoms with Gasteiger partial charge in [-0.15, -0.1) is 0 Å². The summed E-state index contributed by atoms with van der Waals surface area (Å²) in [5, 5.41) is 0. The molecule has 3 heteroatoms. The van der Waals surface area contributed by atoms with Crippen molar-refractivity contribution in [2.24, 2.45) is 11.8 Å². The van der Waals surface area contributed by atoms with Crippen LogP contribution in [-0.4, -0.2) is 12.3 Å². The molecule has 0 saturated heterocycles. The second-order valence-corrected chi connectivity index (χ2v) is 9.10. The van der Waals surface area contributed by atoms with Gasteiger partial charge in [-0.05, 0) is 11.8 Å². The van der Waals surface area contributed by atoms with Crippen LogP contribution in [0.3, 0.4) is 0 Å². The Morgan fingerprint density at radius 2 is 1.33 bits per heavy atom. The molecule has 2 atom stereocenters. The Hall–Kier alpha value is 0.520.